The molecule has 0 spiro atoms. The molecule has 0 atom stereocenters. The molecule has 0 aliphatic carbocycles. The van der Waals surface area contributed by atoms with Gasteiger partial charge in [-0.3, -0.25) is 0 Å². The van der Waals surface area contributed by atoms with Crippen molar-refractivity contribution >= 4 is 17.5 Å². The first-order valence-corrected chi connectivity index (χ1v) is 7.76. The lowest BCUT2D eigenvalue weighted by atomic mass is 10.2. The van der Waals surface area contributed by atoms with E-state index in [1.807, 2.05) is 31.2 Å². The van der Waals surface area contributed by atoms with Crippen LogP contribution in [-0.4, -0.2) is 28.3 Å². The number of benzene rings is 1. The van der Waals surface area contributed by atoms with Crippen LogP contribution in [0.4, 0.5) is 17.5 Å². The Bertz CT molecular complexity index is 576. The minimum absolute atomic E-state index is 0.452. The van der Waals surface area contributed by atoms with Gasteiger partial charge in [-0.1, -0.05) is 31.9 Å². The largest absolute Gasteiger partial charge is 0.492 e. The number of para-hydroxylation sites is 2. The smallest absolute Gasteiger partial charge is 0.249 e. The number of hydrogen-bond donors (Lipinski definition) is 2. The summed E-state index contributed by atoms with van der Waals surface area (Å²) in [6.07, 6.45) is 5.16. The van der Waals surface area contributed by atoms with Crippen molar-refractivity contribution in [2.24, 2.45) is 0 Å². The van der Waals surface area contributed by atoms with Crippen LogP contribution < -0.4 is 15.4 Å². The molecule has 1 aromatic heterocycles. The molecule has 1 aromatic carbocycles. The van der Waals surface area contributed by atoms with E-state index in [4.69, 9.17) is 4.74 Å². The zero-order valence-corrected chi connectivity index (χ0v) is 13.2. The molecule has 2 N–H and O–H groups in total. The Morgan fingerprint density at radius 1 is 1.14 bits per heavy atom. The van der Waals surface area contributed by atoms with Gasteiger partial charge in [-0.2, -0.15) is 10.1 Å². The van der Waals surface area contributed by atoms with E-state index in [-0.39, 0.29) is 0 Å². The summed E-state index contributed by atoms with van der Waals surface area (Å²) in [5.41, 5.74) is 0.828. The van der Waals surface area contributed by atoms with Gasteiger partial charge in [0.25, 0.3) is 0 Å². The summed E-state index contributed by atoms with van der Waals surface area (Å²) in [5.74, 6) is 1.95. The van der Waals surface area contributed by atoms with Crippen molar-refractivity contribution in [3.05, 3.63) is 30.5 Å². The van der Waals surface area contributed by atoms with Crippen LogP contribution in [0.25, 0.3) is 0 Å². The highest BCUT2D eigenvalue weighted by Gasteiger charge is 2.05. The second kappa shape index (κ2) is 8.81. The molecule has 0 bridgehead atoms. The normalized spacial score (nSPS) is 10.3. The maximum absolute atomic E-state index is 5.58. The molecule has 6 nitrogen and oxygen atoms in total. The summed E-state index contributed by atoms with van der Waals surface area (Å²) in [6.45, 7) is 5.64. The van der Waals surface area contributed by atoms with Gasteiger partial charge in [0, 0.05) is 6.54 Å². The van der Waals surface area contributed by atoms with Crippen LogP contribution in [0, 0.1) is 0 Å². The molecule has 0 aliphatic heterocycles. The lowest BCUT2D eigenvalue weighted by Gasteiger charge is -2.11. The number of hydrogen-bond acceptors (Lipinski definition) is 6. The highest BCUT2D eigenvalue weighted by molar-refractivity contribution is 5.62. The van der Waals surface area contributed by atoms with E-state index in [0.29, 0.717) is 12.6 Å². The topological polar surface area (TPSA) is 72.0 Å². The molecule has 6 heteroatoms. The van der Waals surface area contributed by atoms with E-state index in [0.717, 1.165) is 30.2 Å². The first-order valence-electron chi connectivity index (χ1n) is 7.76. The third-order valence-corrected chi connectivity index (χ3v) is 3.08. The molecular formula is C16H23N5O. The zero-order chi connectivity index (χ0) is 15.6. The van der Waals surface area contributed by atoms with Crippen molar-refractivity contribution in [1.29, 1.82) is 0 Å². The van der Waals surface area contributed by atoms with Gasteiger partial charge in [0.05, 0.1) is 18.5 Å². The van der Waals surface area contributed by atoms with Crippen molar-refractivity contribution < 1.29 is 4.74 Å². The van der Waals surface area contributed by atoms with Crippen LogP contribution >= 0.6 is 0 Å². The van der Waals surface area contributed by atoms with E-state index < -0.39 is 0 Å². The minimum atomic E-state index is 0.452. The lowest BCUT2D eigenvalue weighted by molar-refractivity contribution is 0.342. The van der Waals surface area contributed by atoms with Gasteiger partial charge >= 0.3 is 0 Å². The minimum Gasteiger partial charge on any atom is -0.492 e. The van der Waals surface area contributed by atoms with E-state index in [9.17, 15) is 0 Å². The quantitative estimate of drug-likeness (QED) is 0.689. The van der Waals surface area contributed by atoms with Gasteiger partial charge < -0.3 is 15.4 Å². The van der Waals surface area contributed by atoms with E-state index in [2.05, 4.69) is 32.7 Å². The monoisotopic (exact) mass is 301 g/mol. The fraction of sp³-hybridized carbons (Fsp3) is 0.438. The fourth-order valence-electron chi connectivity index (χ4n) is 2.00. The Morgan fingerprint density at radius 2 is 2.00 bits per heavy atom. The molecular weight excluding hydrogens is 278 g/mol. The molecule has 2 aromatic rings. The van der Waals surface area contributed by atoms with E-state index in [1.165, 1.54) is 12.8 Å². The number of anilines is 3. The maximum Gasteiger partial charge on any atom is 0.249 e. The van der Waals surface area contributed by atoms with Crippen LogP contribution in [0.15, 0.2) is 30.5 Å². The molecule has 22 heavy (non-hydrogen) atoms. The van der Waals surface area contributed by atoms with Crippen LogP contribution in [0.1, 0.15) is 33.1 Å². The van der Waals surface area contributed by atoms with Crippen LogP contribution in [0.2, 0.25) is 0 Å². The van der Waals surface area contributed by atoms with Gasteiger partial charge in [0.2, 0.25) is 5.95 Å². The molecule has 0 fully saturated rings. The fourth-order valence-corrected chi connectivity index (χ4v) is 2.00. The van der Waals surface area contributed by atoms with E-state index in [1.54, 1.807) is 6.20 Å². The molecule has 118 valence electrons. The van der Waals surface area contributed by atoms with Gasteiger partial charge in [-0.15, -0.1) is 5.10 Å². The molecule has 0 unspecified atom stereocenters. The molecule has 0 saturated heterocycles. The number of unbranched alkanes of at least 4 members (excludes halogenated alkanes) is 2. The average Bonchev–Trinajstić information content (AvgIpc) is 2.54. The number of aromatic nitrogens is 3. The van der Waals surface area contributed by atoms with Gasteiger partial charge in [-0.05, 0) is 25.5 Å². The second-order valence-electron chi connectivity index (χ2n) is 4.85. The Kier molecular flexibility index (Phi) is 6.41. The Labute approximate surface area is 131 Å². The Morgan fingerprint density at radius 3 is 2.82 bits per heavy atom. The number of ether oxygens (including phenoxy) is 1. The SMILES string of the molecule is CCCCCNc1cnnc(Nc2ccccc2OCC)n1. The second-order valence-corrected chi connectivity index (χ2v) is 4.85. The number of nitrogens with one attached hydrogen (secondary N) is 2. The first-order chi connectivity index (χ1) is 10.8. The summed E-state index contributed by atoms with van der Waals surface area (Å²) < 4.78 is 5.58. The average molecular weight is 301 g/mol. The van der Waals surface area contributed by atoms with E-state index >= 15 is 0 Å². The number of rotatable bonds is 9. The van der Waals surface area contributed by atoms with Gasteiger partial charge in [0.15, 0.2) is 5.82 Å². The maximum atomic E-state index is 5.58. The Hall–Kier alpha value is -2.37. The standard InChI is InChI=1S/C16H23N5O/c1-3-5-8-11-17-15-12-18-21-16(20-15)19-13-9-6-7-10-14(13)22-4-2/h6-7,9-10,12H,3-5,8,11H2,1-2H3,(H2,17,19,20,21). The van der Waals surface area contributed by atoms with Crippen LogP contribution in [0.3, 0.4) is 0 Å². The summed E-state index contributed by atoms with van der Waals surface area (Å²) in [4.78, 5) is 4.42. The molecule has 0 aliphatic rings. The highest BCUT2D eigenvalue weighted by atomic mass is 16.5. The van der Waals surface area contributed by atoms with Crippen LogP contribution in [0.5, 0.6) is 5.75 Å². The Balaban J connectivity index is 2.01. The molecule has 2 rings (SSSR count). The predicted molar refractivity (Wildman–Crippen MR) is 88.7 cm³/mol. The summed E-state index contributed by atoms with van der Waals surface area (Å²) in [5, 5.41) is 14.4. The van der Waals surface area contributed by atoms with Gasteiger partial charge in [-0.25, -0.2) is 0 Å². The number of nitrogens with zero attached hydrogens (tertiary/aromatic N) is 3. The molecule has 0 amide bonds. The summed E-state index contributed by atoms with van der Waals surface area (Å²) >= 11 is 0. The van der Waals surface area contributed by atoms with Crippen molar-refractivity contribution in [1.82, 2.24) is 15.2 Å². The first kappa shape index (κ1) is 16.0. The van der Waals surface area contributed by atoms with Gasteiger partial charge in [0.1, 0.15) is 5.75 Å². The molecule has 0 radical (unpaired) electrons. The van der Waals surface area contributed by atoms with Crippen molar-refractivity contribution in [2.75, 3.05) is 23.8 Å². The zero-order valence-electron chi connectivity index (χ0n) is 13.2. The highest BCUT2D eigenvalue weighted by Crippen LogP contribution is 2.26. The van der Waals surface area contributed by atoms with Crippen LogP contribution in [-0.2, 0) is 0 Å². The molecule has 1 heterocycles. The summed E-state index contributed by atoms with van der Waals surface area (Å²) in [7, 11) is 0. The van der Waals surface area contributed by atoms with Crippen molar-refractivity contribution in [3.63, 3.8) is 0 Å². The third-order valence-electron chi connectivity index (χ3n) is 3.08. The molecule has 0 saturated carbocycles. The van der Waals surface area contributed by atoms with Crippen molar-refractivity contribution in [3.8, 4) is 5.75 Å². The predicted octanol–water partition coefficient (Wildman–Crippen LogP) is 3.62. The third kappa shape index (κ3) is 4.87. The lowest BCUT2D eigenvalue weighted by Crippen LogP contribution is -2.07. The van der Waals surface area contributed by atoms with Crippen molar-refractivity contribution in [2.45, 2.75) is 33.1 Å². The summed E-state index contributed by atoms with van der Waals surface area (Å²) in [6, 6.07) is 7.70.